The maximum absolute atomic E-state index is 13.5. The number of fused-ring (bicyclic) bond motifs is 2. The zero-order valence-corrected chi connectivity index (χ0v) is 21.3. The summed E-state index contributed by atoms with van der Waals surface area (Å²) in [4.78, 5) is 29.4. The Kier molecular flexibility index (Phi) is 5.55. The van der Waals surface area contributed by atoms with Crippen molar-refractivity contribution >= 4 is 28.5 Å². The van der Waals surface area contributed by atoms with Crippen LogP contribution in [0.15, 0.2) is 39.7 Å². The molecule has 0 aliphatic carbocycles. The highest BCUT2D eigenvalue weighted by atomic mass is 35.5. The average Bonchev–Trinajstić information content (AvgIpc) is 3.38. The fraction of sp³-hybridized carbons (Fsp3) is 0.308. The van der Waals surface area contributed by atoms with Crippen molar-refractivity contribution in [3.8, 4) is 23.0 Å². The van der Waals surface area contributed by atoms with Crippen LogP contribution in [0.2, 0.25) is 5.15 Å². The Labute approximate surface area is 211 Å². The Balaban J connectivity index is 1.67. The van der Waals surface area contributed by atoms with Gasteiger partial charge in [0.15, 0.2) is 16.9 Å². The van der Waals surface area contributed by atoms with Crippen molar-refractivity contribution in [2.24, 2.45) is 5.73 Å². The topological polar surface area (TPSA) is 122 Å². The minimum atomic E-state index is -0.767. The molecule has 186 valence electrons. The lowest BCUT2D eigenvalue weighted by Crippen LogP contribution is -2.26. The third-order valence-corrected chi connectivity index (χ3v) is 6.51. The van der Waals surface area contributed by atoms with Gasteiger partial charge in [0, 0.05) is 11.1 Å². The van der Waals surface area contributed by atoms with Gasteiger partial charge in [-0.25, -0.2) is 9.67 Å². The van der Waals surface area contributed by atoms with Crippen LogP contribution in [0.1, 0.15) is 54.1 Å². The zero-order chi connectivity index (χ0) is 25.9. The fourth-order valence-electron chi connectivity index (χ4n) is 4.44. The van der Waals surface area contributed by atoms with Crippen LogP contribution in [-0.2, 0) is 5.54 Å². The van der Waals surface area contributed by atoms with Crippen LogP contribution in [0, 0.1) is 13.8 Å². The molecule has 0 saturated carbocycles. The van der Waals surface area contributed by atoms with Crippen LogP contribution in [0.25, 0.3) is 22.3 Å². The summed E-state index contributed by atoms with van der Waals surface area (Å²) in [7, 11) is 0. The molecule has 5 rings (SSSR count). The smallest absolute Gasteiger partial charge is 0.271 e. The first kappa shape index (κ1) is 23.9. The van der Waals surface area contributed by atoms with Crippen molar-refractivity contribution in [3.63, 3.8) is 0 Å². The molecule has 3 aromatic heterocycles. The molecule has 1 atom stereocenters. The lowest BCUT2D eigenvalue weighted by Gasteiger charge is -2.19. The van der Waals surface area contributed by atoms with E-state index >= 15 is 0 Å². The standard InChI is InChI=1S/C26H25ClN4O5/c1-12-8-15(14(3)35-18-6-7-19(27)30-20(18)24(28)33)23-16(9-12)21(32)13(2)22(36-23)17-10-29-31-25(17)34-11-26(31,4)5/h6-10,14H,11H2,1-5H3,(H2,28,33). The van der Waals surface area contributed by atoms with E-state index in [2.05, 4.69) is 10.1 Å². The lowest BCUT2D eigenvalue weighted by molar-refractivity contribution is 0.0988. The monoisotopic (exact) mass is 508 g/mol. The fourth-order valence-corrected chi connectivity index (χ4v) is 4.59. The molecule has 0 saturated heterocycles. The first-order chi connectivity index (χ1) is 17.0. The normalized spacial score (nSPS) is 14.9. The maximum Gasteiger partial charge on any atom is 0.271 e. The number of pyridine rings is 1. The largest absolute Gasteiger partial charge is 0.483 e. The molecule has 1 aromatic carbocycles. The number of nitrogens with zero attached hydrogens (tertiary/aromatic N) is 3. The lowest BCUT2D eigenvalue weighted by atomic mass is 10.0. The molecule has 0 spiro atoms. The number of amides is 1. The Bertz CT molecular complexity index is 1600. The van der Waals surface area contributed by atoms with E-state index in [4.69, 9.17) is 31.2 Å². The summed E-state index contributed by atoms with van der Waals surface area (Å²) < 4.78 is 20.2. The second-order valence-corrected chi connectivity index (χ2v) is 9.98. The molecule has 1 aliphatic heterocycles. The molecule has 0 bridgehead atoms. The van der Waals surface area contributed by atoms with Crippen molar-refractivity contribution in [3.05, 3.63) is 68.2 Å². The number of nitrogens with two attached hydrogens (primary N) is 1. The summed E-state index contributed by atoms with van der Waals surface area (Å²) in [6.07, 6.45) is 1.03. The van der Waals surface area contributed by atoms with Gasteiger partial charge in [-0.3, -0.25) is 9.59 Å². The molecular formula is C26H25ClN4O5. The van der Waals surface area contributed by atoms with Crippen LogP contribution in [0.5, 0.6) is 11.6 Å². The van der Waals surface area contributed by atoms with Gasteiger partial charge in [0.25, 0.3) is 5.91 Å². The molecule has 4 aromatic rings. The highest BCUT2D eigenvalue weighted by Gasteiger charge is 2.36. The molecule has 36 heavy (non-hydrogen) atoms. The van der Waals surface area contributed by atoms with Crippen molar-refractivity contribution in [1.29, 1.82) is 0 Å². The Hall–Kier alpha value is -3.85. The molecule has 4 heterocycles. The molecule has 1 unspecified atom stereocenters. The van der Waals surface area contributed by atoms with Gasteiger partial charge in [-0.15, -0.1) is 0 Å². The van der Waals surface area contributed by atoms with E-state index in [1.165, 1.54) is 12.1 Å². The van der Waals surface area contributed by atoms with Crippen molar-refractivity contribution in [2.45, 2.75) is 46.3 Å². The van der Waals surface area contributed by atoms with E-state index in [-0.39, 0.29) is 27.6 Å². The number of halogens is 1. The third-order valence-electron chi connectivity index (χ3n) is 6.30. The summed E-state index contributed by atoms with van der Waals surface area (Å²) in [6, 6.07) is 6.71. The summed E-state index contributed by atoms with van der Waals surface area (Å²) in [6.45, 7) is 9.91. The minimum Gasteiger partial charge on any atom is -0.483 e. The predicted molar refractivity (Wildman–Crippen MR) is 135 cm³/mol. The number of primary amides is 1. The van der Waals surface area contributed by atoms with Gasteiger partial charge in [-0.2, -0.15) is 5.10 Å². The Morgan fingerprint density at radius 1 is 1.28 bits per heavy atom. The van der Waals surface area contributed by atoms with Crippen LogP contribution in [0.4, 0.5) is 0 Å². The van der Waals surface area contributed by atoms with Crippen LogP contribution < -0.4 is 20.6 Å². The first-order valence-electron chi connectivity index (χ1n) is 11.4. The van der Waals surface area contributed by atoms with Crippen molar-refractivity contribution in [2.75, 3.05) is 6.61 Å². The molecule has 1 amide bonds. The first-order valence-corrected chi connectivity index (χ1v) is 11.8. The van der Waals surface area contributed by atoms with E-state index < -0.39 is 12.0 Å². The van der Waals surface area contributed by atoms with Gasteiger partial charge < -0.3 is 19.6 Å². The van der Waals surface area contributed by atoms with Crippen LogP contribution in [0.3, 0.4) is 0 Å². The second kappa shape index (κ2) is 8.37. The Morgan fingerprint density at radius 3 is 2.75 bits per heavy atom. The molecular weight excluding hydrogens is 484 g/mol. The molecule has 10 heteroatoms. The summed E-state index contributed by atoms with van der Waals surface area (Å²) in [5.41, 5.74) is 7.82. The van der Waals surface area contributed by atoms with Crippen LogP contribution in [-0.4, -0.2) is 27.3 Å². The average molecular weight is 509 g/mol. The summed E-state index contributed by atoms with van der Waals surface area (Å²) in [5.74, 6) is 0.349. The quantitative estimate of drug-likeness (QED) is 0.388. The van der Waals surface area contributed by atoms with E-state index in [0.29, 0.717) is 45.9 Å². The van der Waals surface area contributed by atoms with Crippen molar-refractivity contribution in [1.82, 2.24) is 14.8 Å². The number of carbonyl (C=O) groups excluding carboxylic acids is 1. The van der Waals surface area contributed by atoms with Crippen LogP contribution >= 0.6 is 11.6 Å². The van der Waals surface area contributed by atoms with E-state index in [1.54, 1.807) is 30.8 Å². The number of benzene rings is 1. The zero-order valence-electron chi connectivity index (χ0n) is 20.5. The number of hydrogen-bond acceptors (Lipinski definition) is 7. The molecule has 1 aliphatic rings. The summed E-state index contributed by atoms with van der Waals surface area (Å²) in [5, 5.41) is 5.03. The number of aryl methyl sites for hydroxylation is 1. The van der Waals surface area contributed by atoms with Gasteiger partial charge in [-0.05, 0) is 64.4 Å². The van der Waals surface area contributed by atoms with E-state index in [9.17, 15) is 9.59 Å². The highest BCUT2D eigenvalue weighted by Crippen LogP contribution is 2.41. The van der Waals surface area contributed by atoms with E-state index in [0.717, 1.165) is 5.56 Å². The van der Waals surface area contributed by atoms with E-state index in [1.807, 2.05) is 26.8 Å². The molecule has 2 N–H and O–H groups in total. The highest BCUT2D eigenvalue weighted by molar-refractivity contribution is 6.29. The van der Waals surface area contributed by atoms with Gasteiger partial charge in [0.2, 0.25) is 5.88 Å². The van der Waals surface area contributed by atoms with Gasteiger partial charge in [-0.1, -0.05) is 11.6 Å². The molecule has 0 radical (unpaired) electrons. The summed E-state index contributed by atoms with van der Waals surface area (Å²) >= 11 is 5.93. The number of rotatable bonds is 5. The van der Waals surface area contributed by atoms with Crippen molar-refractivity contribution < 1.29 is 18.7 Å². The second-order valence-electron chi connectivity index (χ2n) is 9.60. The number of carbonyl (C=O) groups is 1. The number of hydrogen-bond donors (Lipinski definition) is 1. The van der Waals surface area contributed by atoms with Gasteiger partial charge in [0.05, 0.1) is 22.7 Å². The third kappa shape index (κ3) is 3.80. The SMILES string of the molecule is Cc1cc(C(C)Oc2ccc(Cl)nc2C(N)=O)c2oc(-c3cnn4c3OCC4(C)C)c(C)c(=O)c2c1. The molecule has 9 nitrogen and oxygen atoms in total. The maximum atomic E-state index is 13.5. The number of aromatic nitrogens is 3. The van der Waals surface area contributed by atoms with Gasteiger partial charge >= 0.3 is 0 Å². The Morgan fingerprint density at radius 2 is 2.03 bits per heavy atom. The minimum absolute atomic E-state index is 0.0838. The van der Waals surface area contributed by atoms with Gasteiger partial charge in [0.1, 0.15) is 29.2 Å². The molecule has 0 fully saturated rings. The number of ether oxygens (including phenoxy) is 2. The predicted octanol–water partition coefficient (Wildman–Crippen LogP) is 4.69.